The molecule has 0 aromatic heterocycles. The fourth-order valence-corrected chi connectivity index (χ4v) is 1.84. The van der Waals surface area contributed by atoms with Crippen LogP contribution in [0.1, 0.15) is 13.8 Å². The van der Waals surface area contributed by atoms with Crippen molar-refractivity contribution in [3.8, 4) is 0 Å². The molecule has 2 rings (SSSR count). The minimum Gasteiger partial charge on any atom is -0.364 e. The topological polar surface area (TPSA) is 39.7 Å². The van der Waals surface area contributed by atoms with Crippen LogP contribution in [-0.2, 0) is 14.2 Å². The standard InChI is InChI=1S/C8H15NO3/c1-8(2)11-5-4-9-7(10-3)6(5)12-8/h5-7,9H,4H2,1-3H3/t5-,6-,7+/m0/s1. The van der Waals surface area contributed by atoms with Gasteiger partial charge in [-0.05, 0) is 13.8 Å². The second-order valence-corrected chi connectivity index (χ2v) is 3.70. The number of rotatable bonds is 1. The van der Waals surface area contributed by atoms with E-state index in [1.54, 1.807) is 7.11 Å². The molecule has 0 aromatic carbocycles. The van der Waals surface area contributed by atoms with Gasteiger partial charge in [-0.2, -0.15) is 0 Å². The second-order valence-electron chi connectivity index (χ2n) is 3.70. The molecule has 2 aliphatic rings. The van der Waals surface area contributed by atoms with Crippen molar-refractivity contribution in [2.45, 2.75) is 38.1 Å². The SMILES string of the molecule is CO[C@H]1NC[C@@H]2OC(C)(C)O[C@@H]21. The van der Waals surface area contributed by atoms with Crippen LogP contribution >= 0.6 is 0 Å². The van der Waals surface area contributed by atoms with Crippen molar-refractivity contribution in [2.24, 2.45) is 0 Å². The van der Waals surface area contributed by atoms with Crippen LogP contribution in [-0.4, -0.2) is 37.9 Å². The highest BCUT2D eigenvalue weighted by atomic mass is 16.8. The van der Waals surface area contributed by atoms with Crippen molar-refractivity contribution in [3.63, 3.8) is 0 Å². The van der Waals surface area contributed by atoms with Gasteiger partial charge in [0.1, 0.15) is 18.4 Å². The third-order valence-electron chi connectivity index (χ3n) is 2.29. The average Bonchev–Trinajstić information content (AvgIpc) is 2.42. The van der Waals surface area contributed by atoms with E-state index in [1.807, 2.05) is 13.8 Å². The van der Waals surface area contributed by atoms with E-state index >= 15 is 0 Å². The zero-order valence-electron chi connectivity index (χ0n) is 7.66. The van der Waals surface area contributed by atoms with Crippen molar-refractivity contribution in [1.82, 2.24) is 5.32 Å². The van der Waals surface area contributed by atoms with Crippen LogP contribution in [0.25, 0.3) is 0 Å². The number of nitrogens with one attached hydrogen (secondary N) is 1. The molecule has 0 aliphatic carbocycles. The van der Waals surface area contributed by atoms with Gasteiger partial charge in [0.2, 0.25) is 0 Å². The summed E-state index contributed by atoms with van der Waals surface area (Å²) in [6, 6.07) is 0. The molecule has 12 heavy (non-hydrogen) atoms. The summed E-state index contributed by atoms with van der Waals surface area (Å²) in [6.45, 7) is 4.67. The van der Waals surface area contributed by atoms with Crippen LogP contribution in [0.4, 0.5) is 0 Å². The van der Waals surface area contributed by atoms with Crippen molar-refractivity contribution < 1.29 is 14.2 Å². The van der Waals surface area contributed by atoms with E-state index in [4.69, 9.17) is 14.2 Å². The van der Waals surface area contributed by atoms with E-state index in [0.717, 1.165) is 6.54 Å². The highest BCUT2D eigenvalue weighted by molar-refractivity contribution is 4.93. The first-order chi connectivity index (χ1) is 5.62. The lowest BCUT2D eigenvalue weighted by Gasteiger charge is -2.21. The van der Waals surface area contributed by atoms with Crippen LogP contribution in [0.15, 0.2) is 0 Å². The van der Waals surface area contributed by atoms with Gasteiger partial charge in [-0.15, -0.1) is 0 Å². The Labute approximate surface area is 72.2 Å². The number of hydrogen-bond acceptors (Lipinski definition) is 4. The number of methoxy groups -OCH3 is 1. The van der Waals surface area contributed by atoms with E-state index < -0.39 is 5.79 Å². The lowest BCUT2D eigenvalue weighted by molar-refractivity contribution is -0.165. The molecule has 0 bridgehead atoms. The Kier molecular flexibility index (Phi) is 1.88. The number of hydrogen-bond donors (Lipinski definition) is 1. The van der Waals surface area contributed by atoms with Gasteiger partial charge >= 0.3 is 0 Å². The Hall–Kier alpha value is -0.160. The molecule has 70 valence electrons. The predicted octanol–water partition coefficient (Wildman–Crippen LogP) is 0.0822. The maximum atomic E-state index is 5.67. The van der Waals surface area contributed by atoms with Crippen LogP contribution < -0.4 is 5.32 Å². The van der Waals surface area contributed by atoms with Crippen molar-refractivity contribution >= 4 is 0 Å². The van der Waals surface area contributed by atoms with Gasteiger partial charge in [-0.25, -0.2) is 0 Å². The Bertz CT molecular complexity index is 183. The highest BCUT2D eigenvalue weighted by Crippen LogP contribution is 2.32. The fraction of sp³-hybridized carbons (Fsp3) is 1.00. The molecule has 0 amide bonds. The van der Waals surface area contributed by atoms with Gasteiger partial charge in [0, 0.05) is 13.7 Å². The quantitative estimate of drug-likeness (QED) is 0.609. The minimum atomic E-state index is -0.450. The van der Waals surface area contributed by atoms with Crippen LogP contribution in [0, 0.1) is 0 Å². The van der Waals surface area contributed by atoms with E-state index in [0.29, 0.717) is 0 Å². The second kappa shape index (κ2) is 2.67. The van der Waals surface area contributed by atoms with E-state index in [2.05, 4.69) is 5.32 Å². The number of ether oxygens (including phenoxy) is 3. The molecule has 0 aromatic rings. The first-order valence-electron chi connectivity index (χ1n) is 4.24. The summed E-state index contributed by atoms with van der Waals surface area (Å²) < 4.78 is 16.5. The molecule has 3 atom stereocenters. The third kappa shape index (κ3) is 1.25. The van der Waals surface area contributed by atoms with E-state index in [-0.39, 0.29) is 18.4 Å². The first kappa shape index (κ1) is 8.44. The van der Waals surface area contributed by atoms with Gasteiger partial charge in [-0.1, -0.05) is 0 Å². The molecule has 2 heterocycles. The van der Waals surface area contributed by atoms with E-state index in [1.165, 1.54) is 0 Å². The molecule has 0 spiro atoms. The lowest BCUT2D eigenvalue weighted by Crippen LogP contribution is -2.36. The van der Waals surface area contributed by atoms with Gasteiger partial charge in [0.25, 0.3) is 0 Å². The minimum absolute atomic E-state index is 0.0169. The summed E-state index contributed by atoms with van der Waals surface area (Å²) in [7, 11) is 1.68. The third-order valence-corrected chi connectivity index (χ3v) is 2.29. The van der Waals surface area contributed by atoms with Crippen molar-refractivity contribution in [1.29, 1.82) is 0 Å². The molecule has 4 heteroatoms. The monoisotopic (exact) mass is 173 g/mol. The molecular formula is C8H15NO3. The first-order valence-corrected chi connectivity index (χ1v) is 4.24. The van der Waals surface area contributed by atoms with Crippen molar-refractivity contribution in [3.05, 3.63) is 0 Å². The Morgan fingerprint density at radius 2 is 2.17 bits per heavy atom. The summed E-state index contributed by atoms with van der Waals surface area (Å²) in [5.74, 6) is -0.450. The normalized spacial score (nSPS) is 44.8. The summed E-state index contributed by atoms with van der Waals surface area (Å²) in [5, 5.41) is 3.17. The number of fused-ring (bicyclic) bond motifs is 1. The Morgan fingerprint density at radius 1 is 1.42 bits per heavy atom. The molecule has 0 saturated carbocycles. The molecule has 1 N–H and O–H groups in total. The maximum Gasteiger partial charge on any atom is 0.164 e. The van der Waals surface area contributed by atoms with E-state index in [9.17, 15) is 0 Å². The molecule has 0 radical (unpaired) electrons. The zero-order chi connectivity index (χ0) is 8.77. The molecule has 0 unspecified atom stereocenters. The fourth-order valence-electron chi connectivity index (χ4n) is 1.84. The summed E-state index contributed by atoms with van der Waals surface area (Å²) in [6.07, 6.45) is 0.173. The van der Waals surface area contributed by atoms with Crippen LogP contribution in [0.2, 0.25) is 0 Å². The van der Waals surface area contributed by atoms with Crippen molar-refractivity contribution in [2.75, 3.05) is 13.7 Å². The summed E-state index contributed by atoms with van der Waals surface area (Å²) in [4.78, 5) is 0. The average molecular weight is 173 g/mol. The van der Waals surface area contributed by atoms with Gasteiger partial charge in [-0.3, -0.25) is 5.32 Å². The van der Waals surface area contributed by atoms with Crippen LogP contribution in [0.3, 0.4) is 0 Å². The zero-order valence-corrected chi connectivity index (χ0v) is 7.66. The molecule has 4 nitrogen and oxygen atoms in total. The Morgan fingerprint density at radius 3 is 2.83 bits per heavy atom. The summed E-state index contributed by atoms with van der Waals surface area (Å²) in [5.41, 5.74) is 0. The lowest BCUT2D eigenvalue weighted by atomic mass is 10.2. The Balaban J connectivity index is 2.06. The van der Waals surface area contributed by atoms with Crippen LogP contribution in [0.5, 0.6) is 0 Å². The molecular weight excluding hydrogens is 158 g/mol. The highest BCUT2D eigenvalue weighted by Gasteiger charge is 2.49. The van der Waals surface area contributed by atoms with Gasteiger partial charge in [0.15, 0.2) is 5.79 Å². The smallest absolute Gasteiger partial charge is 0.164 e. The van der Waals surface area contributed by atoms with Gasteiger partial charge in [0.05, 0.1) is 0 Å². The molecule has 2 aliphatic heterocycles. The summed E-state index contributed by atoms with van der Waals surface area (Å²) >= 11 is 0. The molecule has 2 saturated heterocycles. The maximum absolute atomic E-state index is 5.67. The molecule has 2 fully saturated rings. The predicted molar refractivity (Wildman–Crippen MR) is 42.6 cm³/mol. The largest absolute Gasteiger partial charge is 0.364 e. The van der Waals surface area contributed by atoms with Gasteiger partial charge < -0.3 is 14.2 Å².